The van der Waals surface area contributed by atoms with E-state index in [2.05, 4.69) is 19.4 Å². The summed E-state index contributed by atoms with van der Waals surface area (Å²) in [5.74, 6) is 1.36. The molecule has 0 saturated carbocycles. The average Bonchev–Trinajstić information content (AvgIpc) is 3.03. The van der Waals surface area contributed by atoms with Crippen LogP contribution in [-0.2, 0) is 12.4 Å². The summed E-state index contributed by atoms with van der Waals surface area (Å²) in [5.41, 5.74) is 2.94. The number of hydrogen-bond acceptors (Lipinski definition) is 3. The van der Waals surface area contributed by atoms with E-state index in [1.807, 2.05) is 19.1 Å². The topological polar surface area (TPSA) is 34.0 Å². The van der Waals surface area contributed by atoms with Crippen LogP contribution in [0.4, 0.5) is 0 Å². The highest BCUT2D eigenvalue weighted by Gasteiger charge is 2.15. The average molecular weight is 279 g/mol. The lowest BCUT2D eigenvalue weighted by Crippen LogP contribution is -2.24. The molecule has 4 nitrogen and oxygen atoms in total. The fraction of sp³-hybridized carbons (Fsp3) is 0.571. The maximum absolute atomic E-state index is 6.01. The van der Waals surface area contributed by atoms with Crippen LogP contribution >= 0.6 is 11.6 Å². The van der Waals surface area contributed by atoms with E-state index in [1.165, 1.54) is 25.9 Å². The number of pyridine rings is 1. The van der Waals surface area contributed by atoms with Crippen LogP contribution < -0.4 is 0 Å². The van der Waals surface area contributed by atoms with Gasteiger partial charge in [0.1, 0.15) is 11.3 Å². The first kappa shape index (κ1) is 12.9. The number of hydrogen-bond donors (Lipinski definition) is 0. The molecule has 1 aliphatic rings. The molecule has 0 amide bonds. The molecular weight excluding hydrogens is 260 g/mol. The highest BCUT2D eigenvalue weighted by atomic mass is 35.5. The van der Waals surface area contributed by atoms with E-state index < -0.39 is 0 Å². The first-order valence-electron chi connectivity index (χ1n) is 6.89. The number of aromatic nitrogens is 3. The molecule has 19 heavy (non-hydrogen) atoms. The fourth-order valence-corrected chi connectivity index (χ4v) is 2.93. The Bertz CT molecular complexity index is 572. The molecule has 2 aromatic heterocycles. The van der Waals surface area contributed by atoms with Crippen molar-refractivity contribution in [3.05, 3.63) is 23.7 Å². The predicted molar refractivity (Wildman–Crippen MR) is 77.5 cm³/mol. The van der Waals surface area contributed by atoms with E-state index in [4.69, 9.17) is 11.6 Å². The maximum atomic E-state index is 6.01. The van der Waals surface area contributed by atoms with Crippen molar-refractivity contribution in [1.29, 1.82) is 0 Å². The van der Waals surface area contributed by atoms with Crippen LogP contribution in [0.15, 0.2) is 12.1 Å². The van der Waals surface area contributed by atoms with Gasteiger partial charge in [-0.25, -0.2) is 9.97 Å². The monoisotopic (exact) mass is 278 g/mol. The van der Waals surface area contributed by atoms with Gasteiger partial charge in [0.2, 0.25) is 0 Å². The van der Waals surface area contributed by atoms with E-state index in [0.717, 1.165) is 35.8 Å². The molecule has 0 aliphatic carbocycles. The number of nitrogens with zero attached hydrogens (tertiary/aromatic N) is 4. The van der Waals surface area contributed by atoms with Gasteiger partial charge in [-0.1, -0.05) is 0 Å². The van der Waals surface area contributed by atoms with Crippen molar-refractivity contribution in [1.82, 2.24) is 19.4 Å². The molecule has 0 atom stereocenters. The minimum atomic E-state index is 0.440. The fourth-order valence-electron chi connectivity index (χ4n) is 2.73. The van der Waals surface area contributed by atoms with Gasteiger partial charge in [-0.3, -0.25) is 0 Å². The lowest BCUT2D eigenvalue weighted by molar-refractivity contribution is 0.322. The zero-order valence-corrected chi connectivity index (χ0v) is 12.0. The molecule has 0 aromatic carbocycles. The highest BCUT2D eigenvalue weighted by molar-refractivity contribution is 6.16. The van der Waals surface area contributed by atoms with E-state index in [9.17, 15) is 0 Å². The van der Waals surface area contributed by atoms with Crippen molar-refractivity contribution < 1.29 is 0 Å². The number of alkyl halides is 1. The summed E-state index contributed by atoms with van der Waals surface area (Å²) in [6.07, 6.45) is 2.65. The third-order valence-electron chi connectivity index (χ3n) is 3.77. The van der Waals surface area contributed by atoms with E-state index >= 15 is 0 Å². The smallest absolute Gasteiger partial charge is 0.160 e. The quantitative estimate of drug-likeness (QED) is 0.806. The number of halogens is 1. The molecule has 2 aromatic rings. The number of likely N-dealkylation sites (tertiary alicyclic amines) is 1. The largest absolute Gasteiger partial charge is 0.310 e. The Kier molecular flexibility index (Phi) is 3.71. The Morgan fingerprint density at radius 2 is 1.95 bits per heavy atom. The molecule has 5 heteroatoms. The zero-order valence-electron chi connectivity index (χ0n) is 11.3. The molecule has 0 N–H and O–H groups in total. The minimum absolute atomic E-state index is 0.440. The van der Waals surface area contributed by atoms with Crippen LogP contribution in [0.2, 0.25) is 0 Å². The summed E-state index contributed by atoms with van der Waals surface area (Å²) in [6.45, 7) is 6.43. The molecule has 0 unspecified atom stereocenters. The molecular formula is C14H19ClN4. The summed E-state index contributed by atoms with van der Waals surface area (Å²) < 4.78 is 2.17. The van der Waals surface area contributed by atoms with Crippen molar-refractivity contribution in [2.75, 3.05) is 19.6 Å². The normalized spacial score (nSPS) is 16.5. The lowest BCUT2D eigenvalue weighted by atomic mass is 10.3. The molecule has 0 spiro atoms. The standard InChI is InChI=1S/C14H19ClN4/c1-11-4-5-12-14(16-11)19(13(10-15)17-12)9-8-18-6-2-3-7-18/h4-5H,2-3,6-10H2,1H3. The van der Waals surface area contributed by atoms with Crippen molar-refractivity contribution in [3.8, 4) is 0 Å². The van der Waals surface area contributed by atoms with Gasteiger partial charge in [0.25, 0.3) is 0 Å². The number of imidazole rings is 1. The van der Waals surface area contributed by atoms with Crippen LogP contribution in [0.3, 0.4) is 0 Å². The summed E-state index contributed by atoms with van der Waals surface area (Å²) >= 11 is 6.01. The van der Waals surface area contributed by atoms with Gasteiger partial charge < -0.3 is 9.47 Å². The Morgan fingerprint density at radius 1 is 1.16 bits per heavy atom. The Balaban J connectivity index is 1.88. The van der Waals surface area contributed by atoms with Crippen molar-refractivity contribution >= 4 is 22.8 Å². The second-order valence-corrected chi connectivity index (χ2v) is 5.42. The molecule has 102 valence electrons. The first-order valence-corrected chi connectivity index (χ1v) is 7.42. The van der Waals surface area contributed by atoms with Gasteiger partial charge in [0.15, 0.2) is 5.65 Å². The molecule has 1 fully saturated rings. The Hall–Kier alpha value is -1.13. The first-order chi connectivity index (χ1) is 9.28. The summed E-state index contributed by atoms with van der Waals surface area (Å²) in [5, 5.41) is 0. The maximum Gasteiger partial charge on any atom is 0.160 e. The molecule has 1 saturated heterocycles. The lowest BCUT2D eigenvalue weighted by Gasteiger charge is -2.15. The molecule has 0 bridgehead atoms. The molecule has 3 rings (SSSR count). The number of fused-ring (bicyclic) bond motifs is 1. The predicted octanol–water partition coefficient (Wildman–Crippen LogP) is 2.57. The van der Waals surface area contributed by atoms with Gasteiger partial charge in [0, 0.05) is 18.8 Å². The third-order valence-corrected chi connectivity index (χ3v) is 4.01. The second kappa shape index (κ2) is 5.47. The molecule has 1 aliphatic heterocycles. The van der Waals surface area contributed by atoms with Crippen molar-refractivity contribution in [2.24, 2.45) is 0 Å². The SMILES string of the molecule is Cc1ccc2nc(CCl)n(CCN3CCCC3)c2n1. The minimum Gasteiger partial charge on any atom is -0.310 e. The Labute approximate surface area is 118 Å². The number of rotatable bonds is 4. The van der Waals surface area contributed by atoms with Crippen molar-refractivity contribution in [3.63, 3.8) is 0 Å². The van der Waals surface area contributed by atoms with Gasteiger partial charge in [0.05, 0.1) is 5.88 Å². The molecule has 3 heterocycles. The molecule has 0 radical (unpaired) electrons. The van der Waals surface area contributed by atoms with Gasteiger partial charge in [-0.05, 0) is 45.0 Å². The van der Waals surface area contributed by atoms with Crippen LogP contribution in [0, 0.1) is 6.92 Å². The van der Waals surface area contributed by atoms with Crippen LogP contribution in [0.1, 0.15) is 24.4 Å². The Morgan fingerprint density at radius 3 is 2.68 bits per heavy atom. The second-order valence-electron chi connectivity index (χ2n) is 5.16. The van der Waals surface area contributed by atoms with Gasteiger partial charge >= 0.3 is 0 Å². The van der Waals surface area contributed by atoms with Crippen LogP contribution in [0.25, 0.3) is 11.2 Å². The van der Waals surface area contributed by atoms with Gasteiger partial charge in [-0.15, -0.1) is 11.6 Å². The zero-order chi connectivity index (χ0) is 13.2. The van der Waals surface area contributed by atoms with Gasteiger partial charge in [-0.2, -0.15) is 0 Å². The third kappa shape index (κ3) is 2.60. The van der Waals surface area contributed by atoms with E-state index in [1.54, 1.807) is 0 Å². The van der Waals surface area contributed by atoms with Crippen LogP contribution in [-0.4, -0.2) is 39.1 Å². The summed E-state index contributed by atoms with van der Waals surface area (Å²) in [7, 11) is 0. The van der Waals surface area contributed by atoms with Crippen molar-refractivity contribution in [2.45, 2.75) is 32.2 Å². The summed E-state index contributed by atoms with van der Waals surface area (Å²) in [4.78, 5) is 11.7. The van der Waals surface area contributed by atoms with Crippen LogP contribution in [0.5, 0.6) is 0 Å². The van der Waals surface area contributed by atoms with E-state index in [-0.39, 0.29) is 0 Å². The summed E-state index contributed by atoms with van der Waals surface area (Å²) in [6, 6.07) is 4.03. The highest BCUT2D eigenvalue weighted by Crippen LogP contribution is 2.17. The van der Waals surface area contributed by atoms with E-state index in [0.29, 0.717) is 5.88 Å². The number of aryl methyl sites for hydroxylation is 1.